The van der Waals surface area contributed by atoms with Gasteiger partial charge in [-0.3, -0.25) is 4.57 Å². The van der Waals surface area contributed by atoms with Gasteiger partial charge in [-0.1, -0.05) is 224 Å². The highest BCUT2D eigenvalue weighted by atomic mass is 32.1. The maximum absolute atomic E-state index is 5.45. The standard InChI is InChI=1S/C61H40N2S/c1-6-21-42(22-7-1)54-53(49-35-34-41-20-16-17-31-48(41)40-49)51-32-18-19-33-52(51)56-55(43-23-8-2-9-24-43)59(64-60(54)56)46-36-38-50(39-37-46)63-58(45-27-12-4-13-28-45)57(44-25-10-3-11-26-44)62-61(63)47-29-14-5-15-30-47/h1-40H. The van der Waals surface area contributed by atoms with Crippen LogP contribution in [-0.2, 0) is 0 Å². The average Bonchev–Trinajstić information content (AvgIpc) is 3.98. The molecule has 0 aliphatic rings. The van der Waals surface area contributed by atoms with Gasteiger partial charge in [0, 0.05) is 48.5 Å². The Morgan fingerprint density at radius 2 is 0.844 bits per heavy atom. The first kappa shape index (κ1) is 37.6. The van der Waals surface area contributed by atoms with E-state index < -0.39 is 0 Å². The highest BCUT2D eigenvalue weighted by Gasteiger charge is 2.26. The van der Waals surface area contributed by atoms with Crippen LogP contribution in [-0.4, -0.2) is 9.55 Å². The van der Waals surface area contributed by atoms with Crippen LogP contribution in [0, 0.1) is 0 Å². The summed E-state index contributed by atoms with van der Waals surface area (Å²) in [4.78, 5) is 6.69. The van der Waals surface area contributed by atoms with Gasteiger partial charge >= 0.3 is 0 Å². The van der Waals surface area contributed by atoms with E-state index in [0.29, 0.717) is 0 Å². The van der Waals surface area contributed by atoms with E-state index in [9.17, 15) is 0 Å². The summed E-state index contributed by atoms with van der Waals surface area (Å²) >= 11 is 1.90. The minimum Gasteiger partial charge on any atom is -0.292 e. The molecule has 0 fully saturated rings. The lowest BCUT2D eigenvalue weighted by Gasteiger charge is -2.18. The minimum absolute atomic E-state index is 0.901. The number of hydrogen-bond acceptors (Lipinski definition) is 2. The van der Waals surface area contributed by atoms with Gasteiger partial charge in [-0.05, 0) is 67.6 Å². The van der Waals surface area contributed by atoms with Crippen molar-refractivity contribution in [2.45, 2.75) is 0 Å². The molecule has 0 aliphatic heterocycles. The second kappa shape index (κ2) is 16.0. The molecule has 2 aromatic heterocycles. The van der Waals surface area contributed by atoms with Gasteiger partial charge in [-0.15, -0.1) is 11.3 Å². The third kappa shape index (κ3) is 6.45. The molecule has 0 aliphatic carbocycles. The van der Waals surface area contributed by atoms with Crippen LogP contribution in [0.5, 0.6) is 0 Å². The molecule has 64 heavy (non-hydrogen) atoms. The predicted molar refractivity (Wildman–Crippen MR) is 272 cm³/mol. The summed E-state index contributed by atoms with van der Waals surface area (Å²) in [5, 5.41) is 6.26. The van der Waals surface area contributed by atoms with E-state index in [1.54, 1.807) is 0 Å². The lowest BCUT2D eigenvalue weighted by Crippen LogP contribution is -2.00. The number of aromatic nitrogens is 2. The molecule has 3 heteroatoms. The van der Waals surface area contributed by atoms with E-state index in [4.69, 9.17) is 4.98 Å². The fourth-order valence-corrected chi connectivity index (χ4v) is 10.9. The lowest BCUT2D eigenvalue weighted by atomic mass is 9.85. The van der Waals surface area contributed by atoms with Crippen molar-refractivity contribution in [3.05, 3.63) is 243 Å². The molecule has 300 valence electrons. The maximum atomic E-state index is 5.45. The number of thiophene rings is 1. The average molecular weight is 833 g/mol. The summed E-state index contributed by atoms with van der Waals surface area (Å²) in [7, 11) is 0. The Labute approximate surface area is 376 Å². The smallest absolute Gasteiger partial charge is 0.145 e. The molecule has 2 nitrogen and oxygen atoms in total. The van der Waals surface area contributed by atoms with E-state index in [-0.39, 0.29) is 0 Å². The summed E-state index contributed by atoms with van der Waals surface area (Å²) in [5.74, 6) is 0.901. The Hall–Kier alpha value is -8.11. The van der Waals surface area contributed by atoms with E-state index in [2.05, 4.69) is 247 Å². The van der Waals surface area contributed by atoms with Gasteiger partial charge in [-0.25, -0.2) is 4.98 Å². The van der Waals surface area contributed by atoms with Crippen LogP contribution < -0.4 is 0 Å². The van der Waals surface area contributed by atoms with Gasteiger partial charge < -0.3 is 0 Å². The highest BCUT2D eigenvalue weighted by Crippen LogP contribution is 2.54. The van der Waals surface area contributed by atoms with Crippen LogP contribution in [0.2, 0.25) is 0 Å². The van der Waals surface area contributed by atoms with Gasteiger partial charge in [0.1, 0.15) is 5.82 Å². The third-order valence-corrected chi connectivity index (χ3v) is 13.7. The largest absolute Gasteiger partial charge is 0.292 e. The molecule has 0 unspecified atom stereocenters. The SMILES string of the molecule is c1ccc(-c2nc(-c3ccccc3)n(-c3ccc(-c4sc5c(-c6ccccc6)c(-c6ccc7ccccc7c6)c6ccccc6c5c4-c4ccccc4)cc3)c2-c2ccccc2)cc1. The molecule has 0 spiro atoms. The molecule has 2 heterocycles. The Bertz CT molecular complexity index is 3610. The monoisotopic (exact) mass is 832 g/mol. The zero-order chi connectivity index (χ0) is 42.4. The van der Waals surface area contributed by atoms with E-state index in [1.807, 2.05) is 11.3 Å². The molecular formula is C61H40N2S. The van der Waals surface area contributed by atoms with Crippen LogP contribution in [0.25, 0.3) is 115 Å². The fraction of sp³-hybridized carbons (Fsp3) is 0. The van der Waals surface area contributed by atoms with Crippen molar-refractivity contribution in [1.29, 1.82) is 0 Å². The first-order valence-electron chi connectivity index (χ1n) is 21.8. The highest BCUT2D eigenvalue weighted by molar-refractivity contribution is 7.24. The molecule has 0 radical (unpaired) electrons. The molecular weight excluding hydrogens is 793 g/mol. The zero-order valence-corrected chi connectivity index (χ0v) is 35.7. The Kier molecular flexibility index (Phi) is 9.39. The first-order valence-corrected chi connectivity index (χ1v) is 22.6. The minimum atomic E-state index is 0.901. The van der Waals surface area contributed by atoms with Crippen LogP contribution in [0.1, 0.15) is 0 Å². The molecule has 0 atom stereocenters. The Balaban J connectivity index is 1.13. The number of hydrogen-bond donors (Lipinski definition) is 0. The molecule has 0 saturated heterocycles. The topological polar surface area (TPSA) is 17.8 Å². The normalized spacial score (nSPS) is 11.4. The van der Waals surface area contributed by atoms with Crippen LogP contribution in [0.3, 0.4) is 0 Å². The second-order valence-corrected chi connectivity index (χ2v) is 17.2. The van der Waals surface area contributed by atoms with Gasteiger partial charge in [0.2, 0.25) is 0 Å². The van der Waals surface area contributed by atoms with Crippen molar-refractivity contribution in [3.63, 3.8) is 0 Å². The van der Waals surface area contributed by atoms with Crippen molar-refractivity contribution in [3.8, 4) is 83.4 Å². The van der Waals surface area contributed by atoms with Crippen molar-refractivity contribution in [2.75, 3.05) is 0 Å². The number of imidazole rings is 1. The summed E-state index contributed by atoms with van der Waals surface area (Å²) in [5.41, 5.74) is 14.9. The lowest BCUT2D eigenvalue weighted by molar-refractivity contribution is 1.07. The molecule has 12 aromatic rings. The van der Waals surface area contributed by atoms with Crippen molar-refractivity contribution < 1.29 is 0 Å². The summed E-state index contributed by atoms with van der Waals surface area (Å²) in [6.07, 6.45) is 0. The molecule has 12 rings (SSSR count). The number of fused-ring (bicyclic) bond motifs is 4. The quantitative estimate of drug-likeness (QED) is 0.149. The summed E-state index contributed by atoms with van der Waals surface area (Å²) in [6, 6.07) is 87.5. The van der Waals surface area contributed by atoms with E-state index in [0.717, 1.165) is 39.6 Å². The summed E-state index contributed by atoms with van der Waals surface area (Å²) < 4.78 is 3.63. The molecule has 0 amide bonds. The fourth-order valence-electron chi connectivity index (χ4n) is 9.51. The first-order chi connectivity index (χ1) is 31.8. The van der Waals surface area contributed by atoms with Gasteiger partial charge in [0.05, 0.1) is 11.4 Å². The van der Waals surface area contributed by atoms with Crippen LogP contribution in [0.4, 0.5) is 0 Å². The van der Waals surface area contributed by atoms with Crippen molar-refractivity contribution >= 4 is 43.0 Å². The maximum Gasteiger partial charge on any atom is 0.145 e. The zero-order valence-electron chi connectivity index (χ0n) is 34.9. The van der Waals surface area contributed by atoms with Crippen molar-refractivity contribution in [1.82, 2.24) is 9.55 Å². The Morgan fingerprint density at radius 3 is 1.48 bits per heavy atom. The third-order valence-electron chi connectivity index (χ3n) is 12.4. The van der Waals surface area contributed by atoms with Crippen LogP contribution >= 0.6 is 11.3 Å². The summed E-state index contributed by atoms with van der Waals surface area (Å²) in [6.45, 7) is 0. The van der Waals surface area contributed by atoms with Gasteiger partial charge in [0.25, 0.3) is 0 Å². The molecule has 0 N–H and O–H groups in total. The van der Waals surface area contributed by atoms with Crippen molar-refractivity contribution in [2.24, 2.45) is 0 Å². The van der Waals surface area contributed by atoms with E-state index in [1.165, 1.54) is 75.5 Å². The number of nitrogens with zero attached hydrogens (tertiary/aromatic N) is 2. The Morgan fingerprint density at radius 1 is 0.344 bits per heavy atom. The molecule has 0 saturated carbocycles. The van der Waals surface area contributed by atoms with E-state index >= 15 is 0 Å². The number of rotatable bonds is 8. The molecule has 10 aromatic carbocycles. The van der Waals surface area contributed by atoms with Gasteiger partial charge in [0.15, 0.2) is 0 Å². The van der Waals surface area contributed by atoms with Crippen LogP contribution in [0.15, 0.2) is 243 Å². The predicted octanol–water partition coefficient (Wildman–Crippen LogP) is 17.1. The number of benzene rings is 10. The second-order valence-electron chi connectivity index (χ2n) is 16.2. The van der Waals surface area contributed by atoms with Gasteiger partial charge in [-0.2, -0.15) is 0 Å². The molecule has 0 bridgehead atoms.